The number of likely N-dealkylation sites (tertiary alicyclic amines) is 1. The van der Waals surface area contributed by atoms with Gasteiger partial charge in [0.15, 0.2) is 0 Å². The summed E-state index contributed by atoms with van der Waals surface area (Å²) in [5.41, 5.74) is -0.343. The van der Waals surface area contributed by atoms with Gasteiger partial charge in [-0.15, -0.1) is 0 Å². The Bertz CT molecular complexity index is 271. The number of nitrogens with one attached hydrogen (secondary N) is 1. The average Bonchev–Trinajstić information content (AvgIpc) is 2.55. The van der Waals surface area contributed by atoms with E-state index in [9.17, 15) is 5.26 Å². The van der Waals surface area contributed by atoms with Gasteiger partial charge in [0.25, 0.3) is 0 Å². The highest BCUT2D eigenvalue weighted by atomic mass is 15.1. The van der Waals surface area contributed by atoms with Gasteiger partial charge in [-0.1, -0.05) is 19.8 Å². The maximum atomic E-state index is 9.22. The van der Waals surface area contributed by atoms with E-state index in [0.717, 1.165) is 32.0 Å². The van der Waals surface area contributed by atoms with Gasteiger partial charge in [-0.2, -0.15) is 5.26 Å². The van der Waals surface area contributed by atoms with Gasteiger partial charge >= 0.3 is 0 Å². The van der Waals surface area contributed by atoms with E-state index >= 15 is 0 Å². The van der Waals surface area contributed by atoms with Crippen molar-refractivity contribution in [3.05, 3.63) is 0 Å². The second-order valence-electron chi connectivity index (χ2n) is 5.81. The van der Waals surface area contributed by atoms with E-state index < -0.39 is 0 Å². The van der Waals surface area contributed by atoms with Crippen LogP contribution in [0.1, 0.15) is 59.3 Å². The van der Waals surface area contributed by atoms with Gasteiger partial charge in [-0.05, 0) is 59.2 Å². The van der Waals surface area contributed by atoms with Gasteiger partial charge in [-0.3, -0.25) is 5.32 Å². The molecule has 1 aliphatic heterocycles. The van der Waals surface area contributed by atoms with Crippen LogP contribution in [0.25, 0.3) is 0 Å². The van der Waals surface area contributed by atoms with E-state index in [2.05, 4.69) is 30.1 Å². The third kappa shape index (κ3) is 4.96. The quantitative estimate of drug-likeness (QED) is 0.789. The summed E-state index contributed by atoms with van der Waals surface area (Å²) in [4.78, 5) is 2.61. The Morgan fingerprint density at radius 3 is 2.83 bits per heavy atom. The first-order valence-electron chi connectivity index (χ1n) is 7.51. The van der Waals surface area contributed by atoms with E-state index in [0.29, 0.717) is 0 Å². The molecular formula is C15H29N3. The summed E-state index contributed by atoms with van der Waals surface area (Å²) in [7, 11) is 0. The largest absolute Gasteiger partial charge is 0.301 e. The molecule has 1 aliphatic rings. The zero-order chi connectivity index (χ0) is 13.4. The van der Waals surface area contributed by atoms with Crippen LogP contribution in [0.5, 0.6) is 0 Å². The molecule has 0 amide bonds. The van der Waals surface area contributed by atoms with Gasteiger partial charge in [0.2, 0.25) is 0 Å². The number of hydrogen-bond acceptors (Lipinski definition) is 3. The molecule has 0 aliphatic carbocycles. The molecule has 3 nitrogen and oxygen atoms in total. The molecule has 3 heteroatoms. The van der Waals surface area contributed by atoms with Crippen LogP contribution in [-0.4, -0.2) is 36.1 Å². The molecule has 1 rings (SSSR count). The first-order valence-corrected chi connectivity index (χ1v) is 7.51. The van der Waals surface area contributed by atoms with E-state index in [1.54, 1.807) is 0 Å². The minimum absolute atomic E-state index is 0.343. The number of rotatable bonds is 6. The minimum Gasteiger partial charge on any atom is -0.301 e. The maximum Gasteiger partial charge on any atom is 0.103 e. The molecule has 2 unspecified atom stereocenters. The first-order chi connectivity index (χ1) is 8.61. The Balaban J connectivity index is 2.33. The van der Waals surface area contributed by atoms with Crippen molar-refractivity contribution in [2.24, 2.45) is 0 Å². The molecule has 2 atom stereocenters. The molecule has 0 spiro atoms. The molecule has 0 bridgehead atoms. The van der Waals surface area contributed by atoms with Crippen LogP contribution in [0.4, 0.5) is 0 Å². The molecule has 0 saturated carbocycles. The molecule has 1 heterocycles. The molecular weight excluding hydrogens is 222 g/mol. The lowest BCUT2D eigenvalue weighted by Gasteiger charge is -2.29. The standard InChI is InChI=1S/C15H29N3/c1-4-17-15(3,13-16)10-8-12-18-11-7-5-6-9-14(18)2/h14,17H,4-12H2,1-3H3. The van der Waals surface area contributed by atoms with Crippen LogP contribution < -0.4 is 5.32 Å². The summed E-state index contributed by atoms with van der Waals surface area (Å²) >= 11 is 0. The molecule has 1 saturated heterocycles. The Morgan fingerprint density at radius 1 is 1.39 bits per heavy atom. The van der Waals surface area contributed by atoms with Crippen molar-refractivity contribution in [2.75, 3.05) is 19.6 Å². The normalized spacial score (nSPS) is 25.1. The van der Waals surface area contributed by atoms with Crippen molar-refractivity contribution < 1.29 is 0 Å². The van der Waals surface area contributed by atoms with E-state index in [1.165, 1.54) is 32.2 Å². The lowest BCUT2D eigenvalue weighted by Crippen LogP contribution is -2.42. The molecule has 0 radical (unpaired) electrons. The highest BCUT2D eigenvalue weighted by Gasteiger charge is 2.23. The highest BCUT2D eigenvalue weighted by Crippen LogP contribution is 2.18. The number of nitriles is 1. The van der Waals surface area contributed by atoms with Crippen LogP contribution in [0.2, 0.25) is 0 Å². The summed E-state index contributed by atoms with van der Waals surface area (Å²) < 4.78 is 0. The zero-order valence-corrected chi connectivity index (χ0v) is 12.3. The Kier molecular flexibility index (Phi) is 6.67. The summed E-state index contributed by atoms with van der Waals surface area (Å²) in [5.74, 6) is 0. The van der Waals surface area contributed by atoms with Crippen molar-refractivity contribution in [1.29, 1.82) is 5.26 Å². The Labute approximate surface area is 113 Å². The highest BCUT2D eigenvalue weighted by molar-refractivity contribution is 5.03. The second kappa shape index (κ2) is 7.76. The third-order valence-corrected chi connectivity index (χ3v) is 4.13. The van der Waals surface area contributed by atoms with Crippen molar-refractivity contribution in [1.82, 2.24) is 10.2 Å². The van der Waals surface area contributed by atoms with Gasteiger partial charge in [0.1, 0.15) is 5.54 Å². The first kappa shape index (κ1) is 15.5. The smallest absolute Gasteiger partial charge is 0.103 e. The molecule has 18 heavy (non-hydrogen) atoms. The molecule has 1 fully saturated rings. The SMILES string of the molecule is CCNC(C)(C#N)CCCN1CCCCCC1C. The van der Waals surface area contributed by atoms with Crippen LogP contribution in [-0.2, 0) is 0 Å². The zero-order valence-electron chi connectivity index (χ0n) is 12.3. The Morgan fingerprint density at radius 2 is 2.17 bits per heavy atom. The van der Waals surface area contributed by atoms with E-state index in [1.807, 2.05) is 6.92 Å². The summed E-state index contributed by atoms with van der Waals surface area (Å²) in [6.45, 7) is 9.67. The van der Waals surface area contributed by atoms with Crippen LogP contribution in [0.3, 0.4) is 0 Å². The molecule has 1 N–H and O–H groups in total. The average molecular weight is 251 g/mol. The molecule has 0 aromatic heterocycles. The topological polar surface area (TPSA) is 39.1 Å². The van der Waals surface area contributed by atoms with E-state index in [4.69, 9.17) is 0 Å². The van der Waals surface area contributed by atoms with Crippen LogP contribution in [0, 0.1) is 11.3 Å². The number of nitrogens with zero attached hydrogens (tertiary/aromatic N) is 2. The fourth-order valence-electron chi connectivity index (χ4n) is 2.88. The van der Waals surface area contributed by atoms with Gasteiger partial charge < -0.3 is 4.90 Å². The van der Waals surface area contributed by atoms with Crippen molar-refractivity contribution in [3.8, 4) is 6.07 Å². The van der Waals surface area contributed by atoms with Crippen LogP contribution >= 0.6 is 0 Å². The fourth-order valence-corrected chi connectivity index (χ4v) is 2.88. The summed E-state index contributed by atoms with van der Waals surface area (Å²) in [5, 5.41) is 12.5. The number of hydrogen-bond donors (Lipinski definition) is 1. The van der Waals surface area contributed by atoms with Gasteiger partial charge in [0, 0.05) is 6.04 Å². The maximum absolute atomic E-state index is 9.22. The fraction of sp³-hybridized carbons (Fsp3) is 0.933. The van der Waals surface area contributed by atoms with Crippen molar-refractivity contribution in [3.63, 3.8) is 0 Å². The molecule has 0 aromatic rings. The van der Waals surface area contributed by atoms with E-state index in [-0.39, 0.29) is 5.54 Å². The monoisotopic (exact) mass is 251 g/mol. The molecule has 104 valence electrons. The summed E-state index contributed by atoms with van der Waals surface area (Å²) in [6, 6.07) is 3.13. The predicted octanol–water partition coefficient (Wildman–Crippen LogP) is 2.92. The third-order valence-electron chi connectivity index (χ3n) is 4.13. The van der Waals surface area contributed by atoms with Gasteiger partial charge in [0.05, 0.1) is 6.07 Å². The Hall–Kier alpha value is -0.590. The van der Waals surface area contributed by atoms with Crippen LogP contribution in [0.15, 0.2) is 0 Å². The molecule has 0 aromatic carbocycles. The summed E-state index contributed by atoms with van der Waals surface area (Å²) in [6.07, 6.45) is 7.50. The van der Waals surface area contributed by atoms with Crippen molar-refractivity contribution in [2.45, 2.75) is 70.9 Å². The predicted molar refractivity (Wildman–Crippen MR) is 76.4 cm³/mol. The van der Waals surface area contributed by atoms with Gasteiger partial charge in [-0.25, -0.2) is 0 Å². The minimum atomic E-state index is -0.343. The second-order valence-corrected chi connectivity index (χ2v) is 5.81. The lowest BCUT2D eigenvalue weighted by atomic mass is 9.97. The van der Waals surface area contributed by atoms with Crippen molar-refractivity contribution >= 4 is 0 Å². The lowest BCUT2D eigenvalue weighted by molar-refractivity contribution is 0.204.